The van der Waals surface area contributed by atoms with Crippen molar-refractivity contribution in [2.75, 3.05) is 13.7 Å². The lowest BCUT2D eigenvalue weighted by Gasteiger charge is -2.22. The van der Waals surface area contributed by atoms with E-state index in [0.29, 0.717) is 5.92 Å². The summed E-state index contributed by atoms with van der Waals surface area (Å²) >= 11 is 0. The van der Waals surface area contributed by atoms with Crippen LogP contribution >= 0.6 is 0 Å². The van der Waals surface area contributed by atoms with E-state index in [1.165, 1.54) is 45.8 Å². The molecule has 5 aromatic rings. The van der Waals surface area contributed by atoms with Gasteiger partial charge in [-0.1, -0.05) is 85.6 Å². The third-order valence-corrected chi connectivity index (χ3v) is 8.37. The summed E-state index contributed by atoms with van der Waals surface area (Å²) in [4.78, 5) is 17.6. The summed E-state index contributed by atoms with van der Waals surface area (Å²) in [6.45, 7) is 5.23. The smallest absolute Gasteiger partial charge is 0.227 e. The third-order valence-electron chi connectivity index (χ3n) is 8.37. The van der Waals surface area contributed by atoms with Crippen LogP contribution in [0.5, 0.6) is 0 Å². The molecule has 41 heavy (non-hydrogen) atoms. The highest BCUT2D eigenvalue weighted by Gasteiger charge is 2.31. The first kappa shape index (κ1) is 28.6. The fourth-order valence-electron chi connectivity index (χ4n) is 6.41. The molecule has 1 unspecified atom stereocenters. The molecule has 2 aromatic heterocycles. The molecule has 0 saturated heterocycles. The zero-order chi connectivity index (χ0) is 28.8. The summed E-state index contributed by atoms with van der Waals surface area (Å²) in [7, 11) is 1.75. The molecular formula is C36H41N3O2. The molecular weight excluding hydrogens is 506 g/mol. The predicted molar refractivity (Wildman–Crippen MR) is 168 cm³/mol. The van der Waals surface area contributed by atoms with Crippen LogP contribution in [0.1, 0.15) is 59.5 Å². The second kappa shape index (κ2) is 13.1. The van der Waals surface area contributed by atoms with Gasteiger partial charge in [0.05, 0.1) is 11.4 Å². The average Bonchev–Trinajstić information content (AvgIpc) is 3.62. The summed E-state index contributed by atoms with van der Waals surface area (Å²) in [6.07, 6.45) is 5.52. The average molecular weight is 548 g/mol. The van der Waals surface area contributed by atoms with Crippen LogP contribution in [-0.4, -0.2) is 34.2 Å². The van der Waals surface area contributed by atoms with Crippen LogP contribution in [0, 0.1) is 19.8 Å². The quantitative estimate of drug-likeness (QED) is 0.228. The zero-order valence-electron chi connectivity index (χ0n) is 24.4. The van der Waals surface area contributed by atoms with E-state index < -0.39 is 0 Å². The van der Waals surface area contributed by atoms with Crippen molar-refractivity contribution < 1.29 is 9.90 Å². The molecule has 5 nitrogen and oxygen atoms in total. The normalized spacial score (nSPS) is 14.1. The van der Waals surface area contributed by atoms with Gasteiger partial charge in [0.15, 0.2) is 0 Å². The Morgan fingerprint density at radius 1 is 0.951 bits per heavy atom. The lowest BCUT2D eigenvalue weighted by atomic mass is 9.84. The van der Waals surface area contributed by atoms with Crippen LogP contribution in [0.2, 0.25) is 0 Å². The van der Waals surface area contributed by atoms with Crippen molar-refractivity contribution in [3.63, 3.8) is 0 Å². The highest BCUT2D eigenvalue weighted by molar-refractivity contribution is 6.08. The summed E-state index contributed by atoms with van der Waals surface area (Å²) in [5.41, 5.74) is 8.11. The number of carbonyl (C=O) groups is 1. The number of amides is 1. The van der Waals surface area contributed by atoms with Crippen LogP contribution in [0.15, 0.2) is 84.9 Å². The molecule has 1 fully saturated rings. The van der Waals surface area contributed by atoms with E-state index in [1.807, 2.05) is 30.3 Å². The number of aliphatic hydroxyl groups excluding tert-OH is 1. The van der Waals surface area contributed by atoms with Crippen molar-refractivity contribution in [2.45, 2.75) is 58.4 Å². The molecule has 1 amide bonds. The number of nitrogens with one attached hydrogen (secondary N) is 1. The topological polar surface area (TPSA) is 67.2 Å². The first-order valence-electron chi connectivity index (χ1n) is 14.8. The van der Waals surface area contributed by atoms with E-state index in [2.05, 4.69) is 78.3 Å². The second-order valence-electron chi connectivity index (χ2n) is 11.2. The van der Waals surface area contributed by atoms with Crippen LogP contribution in [0.4, 0.5) is 0 Å². The Morgan fingerprint density at radius 3 is 2.32 bits per heavy atom. The Morgan fingerprint density at radius 2 is 1.63 bits per heavy atom. The standard InChI is InChI=1S/C28H31N3O.C8H10O/c1-18-16-19(2)30-27-25(18)23-10-6-7-11-24(23)31(27)17-20-12-14-22(15-13-20)26(28(32)29-3)21-8-4-5-9-21;9-7-6-8-4-2-1-3-5-8/h6-7,10-16,21,26H,4-5,8-9,17H2,1-3H3,(H,29,32);1-5,9H,6-7H2. The van der Waals surface area contributed by atoms with E-state index in [0.717, 1.165) is 42.7 Å². The van der Waals surface area contributed by atoms with Gasteiger partial charge in [0.2, 0.25) is 5.91 Å². The van der Waals surface area contributed by atoms with Crippen molar-refractivity contribution in [3.8, 4) is 0 Å². The van der Waals surface area contributed by atoms with Crippen molar-refractivity contribution in [3.05, 3.63) is 113 Å². The molecule has 0 spiro atoms. The first-order valence-corrected chi connectivity index (χ1v) is 14.8. The number of aryl methyl sites for hydroxylation is 2. The molecule has 1 atom stereocenters. The van der Waals surface area contributed by atoms with Crippen LogP contribution in [0.3, 0.4) is 0 Å². The Hall–Kier alpha value is -3.96. The maximum atomic E-state index is 12.7. The van der Waals surface area contributed by atoms with Gasteiger partial charge in [-0.2, -0.15) is 0 Å². The number of para-hydroxylation sites is 1. The van der Waals surface area contributed by atoms with E-state index in [4.69, 9.17) is 10.1 Å². The second-order valence-corrected chi connectivity index (χ2v) is 11.2. The summed E-state index contributed by atoms with van der Waals surface area (Å²) in [5, 5.41) is 13.9. The number of nitrogens with zero attached hydrogens (tertiary/aromatic N) is 2. The minimum Gasteiger partial charge on any atom is -0.396 e. The maximum absolute atomic E-state index is 12.7. The van der Waals surface area contributed by atoms with E-state index in [1.54, 1.807) is 7.05 Å². The highest BCUT2D eigenvalue weighted by Crippen LogP contribution is 2.38. The SMILES string of the molecule is CNC(=O)C(c1ccc(Cn2c3ccccc3c3c(C)cc(C)nc32)cc1)C1CCCC1.OCCc1ccccc1. The molecule has 1 saturated carbocycles. The Balaban J connectivity index is 0.000000321. The van der Waals surface area contributed by atoms with Gasteiger partial charge < -0.3 is 15.0 Å². The fraction of sp³-hybridized carbons (Fsp3) is 0.333. The number of rotatable bonds is 7. The summed E-state index contributed by atoms with van der Waals surface area (Å²) in [5.74, 6) is 0.548. The minimum absolute atomic E-state index is 0.0447. The highest BCUT2D eigenvalue weighted by atomic mass is 16.3. The van der Waals surface area contributed by atoms with Crippen molar-refractivity contribution >= 4 is 27.8 Å². The fourth-order valence-corrected chi connectivity index (χ4v) is 6.41. The van der Waals surface area contributed by atoms with Gasteiger partial charge in [-0.25, -0.2) is 4.98 Å². The number of fused-ring (bicyclic) bond motifs is 3. The molecule has 0 bridgehead atoms. The van der Waals surface area contributed by atoms with Crippen LogP contribution in [-0.2, 0) is 17.8 Å². The number of hydrogen-bond donors (Lipinski definition) is 2. The van der Waals surface area contributed by atoms with Gasteiger partial charge >= 0.3 is 0 Å². The van der Waals surface area contributed by atoms with Gasteiger partial charge in [-0.3, -0.25) is 4.79 Å². The van der Waals surface area contributed by atoms with Crippen LogP contribution in [0.25, 0.3) is 21.9 Å². The predicted octanol–water partition coefficient (Wildman–Crippen LogP) is 7.10. The van der Waals surface area contributed by atoms with Gasteiger partial charge in [-0.05, 0) is 73.4 Å². The lowest BCUT2D eigenvalue weighted by molar-refractivity contribution is -0.123. The number of aliphatic hydroxyl groups is 1. The van der Waals surface area contributed by atoms with Crippen molar-refractivity contribution in [1.82, 2.24) is 14.9 Å². The number of likely N-dealkylation sites (N-methyl/N-ethyl adjacent to an activating group) is 1. The van der Waals surface area contributed by atoms with Gasteiger partial charge in [0, 0.05) is 36.7 Å². The van der Waals surface area contributed by atoms with Gasteiger partial charge in [0.25, 0.3) is 0 Å². The Labute approximate surface area is 243 Å². The first-order chi connectivity index (χ1) is 20.0. The molecule has 2 N–H and O–H groups in total. The molecule has 2 heterocycles. The summed E-state index contributed by atoms with van der Waals surface area (Å²) < 4.78 is 2.33. The maximum Gasteiger partial charge on any atom is 0.227 e. The van der Waals surface area contributed by atoms with Crippen LogP contribution < -0.4 is 5.32 Å². The Bertz CT molecular complexity index is 1600. The molecule has 6 rings (SSSR count). The third kappa shape index (κ3) is 6.36. The van der Waals surface area contributed by atoms with E-state index >= 15 is 0 Å². The summed E-state index contributed by atoms with van der Waals surface area (Å²) in [6, 6.07) is 29.4. The molecule has 1 aliphatic rings. The largest absolute Gasteiger partial charge is 0.396 e. The monoisotopic (exact) mass is 547 g/mol. The van der Waals surface area contributed by atoms with Crippen molar-refractivity contribution in [1.29, 1.82) is 0 Å². The van der Waals surface area contributed by atoms with E-state index in [-0.39, 0.29) is 18.4 Å². The number of benzene rings is 3. The Kier molecular flexibility index (Phi) is 9.15. The van der Waals surface area contributed by atoms with Gasteiger partial charge in [0.1, 0.15) is 5.65 Å². The molecule has 0 aliphatic heterocycles. The zero-order valence-corrected chi connectivity index (χ0v) is 24.4. The number of carbonyl (C=O) groups excluding carboxylic acids is 1. The lowest BCUT2D eigenvalue weighted by Crippen LogP contribution is -2.30. The number of pyridine rings is 1. The molecule has 212 valence electrons. The minimum atomic E-state index is -0.0447. The molecule has 1 aliphatic carbocycles. The number of aromatic nitrogens is 2. The molecule has 5 heteroatoms. The van der Waals surface area contributed by atoms with Gasteiger partial charge in [-0.15, -0.1) is 0 Å². The number of hydrogen-bond acceptors (Lipinski definition) is 3. The molecule has 0 radical (unpaired) electrons. The van der Waals surface area contributed by atoms with E-state index in [9.17, 15) is 4.79 Å². The van der Waals surface area contributed by atoms with Crippen molar-refractivity contribution in [2.24, 2.45) is 5.92 Å². The molecule has 3 aromatic carbocycles.